The molecule has 0 aliphatic carbocycles. The molecule has 0 bridgehead atoms. The van der Waals surface area contributed by atoms with E-state index in [4.69, 9.17) is 0 Å². The molecule has 6 nitrogen and oxygen atoms in total. The zero-order chi connectivity index (χ0) is 18.0. The molecule has 0 N–H and O–H groups in total. The molecule has 2 fully saturated rings. The van der Waals surface area contributed by atoms with Gasteiger partial charge in [0.2, 0.25) is 11.8 Å². The molecule has 2 aromatic rings. The van der Waals surface area contributed by atoms with Crippen LogP contribution in [0.3, 0.4) is 0 Å². The van der Waals surface area contributed by atoms with Crippen LogP contribution in [0.2, 0.25) is 0 Å². The molecule has 2 saturated heterocycles. The van der Waals surface area contributed by atoms with Crippen LogP contribution in [0, 0.1) is 5.41 Å². The minimum absolute atomic E-state index is 0.0749. The maximum Gasteiger partial charge on any atom is 0.231 e. The Morgan fingerprint density at radius 1 is 1.12 bits per heavy atom. The zero-order valence-corrected chi connectivity index (χ0v) is 14.7. The van der Waals surface area contributed by atoms with Crippen molar-refractivity contribution in [2.75, 3.05) is 19.6 Å². The fourth-order valence-electron chi connectivity index (χ4n) is 3.98. The predicted molar refractivity (Wildman–Crippen MR) is 95.8 cm³/mol. The van der Waals surface area contributed by atoms with E-state index in [0.29, 0.717) is 26.1 Å². The van der Waals surface area contributed by atoms with E-state index < -0.39 is 5.41 Å². The number of pyridine rings is 2. The van der Waals surface area contributed by atoms with E-state index in [1.807, 2.05) is 40.1 Å². The Morgan fingerprint density at radius 2 is 2.00 bits per heavy atom. The molecular weight excluding hydrogens is 328 g/mol. The lowest BCUT2D eigenvalue weighted by atomic mass is 9.85. The zero-order valence-electron chi connectivity index (χ0n) is 14.7. The van der Waals surface area contributed by atoms with E-state index in [1.54, 1.807) is 18.6 Å². The molecule has 2 aliphatic rings. The van der Waals surface area contributed by atoms with Crippen molar-refractivity contribution in [1.29, 1.82) is 0 Å². The Bertz CT molecular complexity index is 796. The highest BCUT2D eigenvalue weighted by atomic mass is 16.2. The van der Waals surface area contributed by atoms with Crippen molar-refractivity contribution >= 4 is 11.8 Å². The second-order valence-electron chi connectivity index (χ2n) is 7.18. The van der Waals surface area contributed by atoms with Crippen molar-refractivity contribution in [2.24, 2.45) is 5.41 Å². The summed E-state index contributed by atoms with van der Waals surface area (Å²) < 4.78 is 0. The Kier molecular flexibility index (Phi) is 4.41. The molecule has 4 rings (SSSR count). The van der Waals surface area contributed by atoms with Crippen molar-refractivity contribution in [3.05, 3.63) is 60.2 Å². The Morgan fingerprint density at radius 3 is 2.77 bits per heavy atom. The molecule has 0 aromatic carbocycles. The normalized spacial score (nSPS) is 22.4. The van der Waals surface area contributed by atoms with Crippen molar-refractivity contribution in [2.45, 2.75) is 25.8 Å². The van der Waals surface area contributed by atoms with E-state index in [-0.39, 0.29) is 11.8 Å². The molecule has 2 aromatic heterocycles. The summed E-state index contributed by atoms with van der Waals surface area (Å²) in [6, 6.07) is 9.50. The number of aromatic nitrogens is 2. The lowest BCUT2D eigenvalue weighted by Gasteiger charge is -2.23. The van der Waals surface area contributed by atoms with E-state index in [2.05, 4.69) is 9.97 Å². The first-order chi connectivity index (χ1) is 12.7. The summed E-state index contributed by atoms with van der Waals surface area (Å²) in [7, 11) is 0. The Labute approximate surface area is 152 Å². The fraction of sp³-hybridized carbons (Fsp3) is 0.400. The molecule has 4 heterocycles. The monoisotopic (exact) mass is 350 g/mol. The van der Waals surface area contributed by atoms with Crippen LogP contribution in [-0.2, 0) is 22.6 Å². The van der Waals surface area contributed by atoms with Crippen molar-refractivity contribution < 1.29 is 9.59 Å². The van der Waals surface area contributed by atoms with Gasteiger partial charge < -0.3 is 9.80 Å². The summed E-state index contributed by atoms with van der Waals surface area (Å²) in [5.41, 5.74) is 1.41. The number of amides is 2. The van der Waals surface area contributed by atoms with Crippen LogP contribution in [0.4, 0.5) is 0 Å². The van der Waals surface area contributed by atoms with Gasteiger partial charge >= 0.3 is 0 Å². The molecule has 2 amide bonds. The number of carbonyl (C=O) groups is 2. The van der Waals surface area contributed by atoms with Gasteiger partial charge in [0.25, 0.3) is 0 Å². The Balaban J connectivity index is 1.39. The average Bonchev–Trinajstić information content (AvgIpc) is 3.24. The smallest absolute Gasteiger partial charge is 0.231 e. The van der Waals surface area contributed by atoms with Crippen LogP contribution in [0.15, 0.2) is 48.9 Å². The van der Waals surface area contributed by atoms with Gasteiger partial charge in [-0.25, -0.2) is 0 Å². The van der Waals surface area contributed by atoms with Crippen LogP contribution in [-0.4, -0.2) is 51.2 Å². The SMILES string of the molecule is O=C(Cc1cccnc1)N1CCC2(CCN(Cc3ccccn3)C2=O)C1. The van der Waals surface area contributed by atoms with E-state index >= 15 is 0 Å². The molecule has 0 saturated carbocycles. The second kappa shape index (κ2) is 6.86. The van der Waals surface area contributed by atoms with Crippen LogP contribution in [0.25, 0.3) is 0 Å². The van der Waals surface area contributed by atoms with Crippen LogP contribution in [0.1, 0.15) is 24.1 Å². The third kappa shape index (κ3) is 3.19. The first-order valence-corrected chi connectivity index (χ1v) is 9.02. The van der Waals surface area contributed by atoms with Gasteiger partial charge in [0, 0.05) is 38.2 Å². The van der Waals surface area contributed by atoms with Gasteiger partial charge in [-0.05, 0) is 36.6 Å². The largest absolute Gasteiger partial charge is 0.341 e. The van der Waals surface area contributed by atoms with Gasteiger partial charge in [-0.2, -0.15) is 0 Å². The number of hydrogen-bond donors (Lipinski definition) is 0. The van der Waals surface area contributed by atoms with Gasteiger partial charge in [0.05, 0.1) is 24.1 Å². The lowest BCUT2D eigenvalue weighted by Crippen LogP contribution is -2.38. The number of nitrogens with zero attached hydrogens (tertiary/aromatic N) is 4. The van der Waals surface area contributed by atoms with E-state index in [0.717, 1.165) is 30.6 Å². The molecular formula is C20H22N4O2. The van der Waals surface area contributed by atoms with Gasteiger partial charge in [0.15, 0.2) is 0 Å². The van der Waals surface area contributed by atoms with Crippen molar-refractivity contribution in [3.8, 4) is 0 Å². The average molecular weight is 350 g/mol. The molecule has 134 valence electrons. The second-order valence-corrected chi connectivity index (χ2v) is 7.18. The van der Waals surface area contributed by atoms with Crippen molar-refractivity contribution in [1.82, 2.24) is 19.8 Å². The highest BCUT2D eigenvalue weighted by molar-refractivity contribution is 5.87. The van der Waals surface area contributed by atoms with Crippen molar-refractivity contribution in [3.63, 3.8) is 0 Å². The summed E-state index contributed by atoms with van der Waals surface area (Å²) in [5, 5.41) is 0. The Hall–Kier alpha value is -2.76. The highest BCUT2D eigenvalue weighted by Crippen LogP contribution is 2.41. The first kappa shape index (κ1) is 16.7. The third-order valence-corrected chi connectivity index (χ3v) is 5.46. The summed E-state index contributed by atoms with van der Waals surface area (Å²) in [4.78, 5) is 37.7. The highest BCUT2D eigenvalue weighted by Gasteiger charge is 2.51. The van der Waals surface area contributed by atoms with Crippen LogP contribution >= 0.6 is 0 Å². The quantitative estimate of drug-likeness (QED) is 0.841. The predicted octanol–water partition coefficient (Wildman–Crippen LogP) is 1.67. The topological polar surface area (TPSA) is 66.4 Å². The summed E-state index contributed by atoms with van der Waals surface area (Å²) in [6.45, 7) is 2.47. The first-order valence-electron chi connectivity index (χ1n) is 9.02. The number of rotatable bonds is 4. The van der Waals surface area contributed by atoms with Crippen LogP contribution < -0.4 is 0 Å². The summed E-state index contributed by atoms with van der Waals surface area (Å²) in [5.74, 6) is 0.241. The number of hydrogen-bond acceptors (Lipinski definition) is 4. The molecule has 6 heteroatoms. The maximum atomic E-state index is 13.0. The van der Waals surface area contributed by atoms with Gasteiger partial charge in [-0.1, -0.05) is 12.1 Å². The van der Waals surface area contributed by atoms with E-state index in [9.17, 15) is 9.59 Å². The molecule has 2 aliphatic heterocycles. The van der Waals surface area contributed by atoms with E-state index in [1.165, 1.54) is 0 Å². The number of likely N-dealkylation sites (tertiary alicyclic amines) is 2. The molecule has 1 atom stereocenters. The standard InChI is InChI=1S/C20H22N4O2/c25-18(12-16-4-3-8-21-13-16)24-11-7-20(15-24)6-10-23(19(20)26)14-17-5-1-2-9-22-17/h1-5,8-9,13H,6-7,10-12,14-15H2. The molecule has 1 spiro atoms. The lowest BCUT2D eigenvalue weighted by molar-refractivity contribution is -0.136. The summed E-state index contributed by atoms with van der Waals surface area (Å²) in [6.07, 6.45) is 7.08. The number of carbonyl (C=O) groups excluding carboxylic acids is 2. The van der Waals surface area contributed by atoms with Gasteiger partial charge in [-0.15, -0.1) is 0 Å². The van der Waals surface area contributed by atoms with Gasteiger partial charge in [-0.3, -0.25) is 19.6 Å². The molecule has 0 radical (unpaired) electrons. The third-order valence-electron chi connectivity index (χ3n) is 5.46. The molecule has 1 unspecified atom stereocenters. The minimum atomic E-state index is -0.403. The maximum absolute atomic E-state index is 13.0. The summed E-state index contributed by atoms with van der Waals surface area (Å²) >= 11 is 0. The van der Waals surface area contributed by atoms with Gasteiger partial charge in [0.1, 0.15) is 0 Å². The molecule has 26 heavy (non-hydrogen) atoms. The fourth-order valence-corrected chi connectivity index (χ4v) is 3.98. The van der Waals surface area contributed by atoms with Crippen LogP contribution in [0.5, 0.6) is 0 Å². The minimum Gasteiger partial charge on any atom is -0.341 e.